The van der Waals surface area contributed by atoms with Crippen molar-refractivity contribution >= 4 is 17.9 Å². The van der Waals surface area contributed by atoms with E-state index in [-0.39, 0.29) is 0 Å². The number of carbonyl (C=O) groups excluding carboxylic acids is 1. The van der Waals surface area contributed by atoms with Crippen molar-refractivity contribution < 1.29 is 9.53 Å². The van der Waals surface area contributed by atoms with Gasteiger partial charge in [-0.15, -0.1) is 0 Å². The molecule has 3 heteroatoms. The van der Waals surface area contributed by atoms with Gasteiger partial charge in [0.25, 0.3) is 0 Å². The largest absolute Gasteiger partial charge is 0.493 e. The zero-order valence-electron chi connectivity index (χ0n) is 9.82. The van der Waals surface area contributed by atoms with Crippen molar-refractivity contribution in [2.24, 2.45) is 5.92 Å². The predicted octanol–water partition coefficient (Wildman–Crippen LogP) is 3.65. The van der Waals surface area contributed by atoms with Crippen molar-refractivity contribution in [3.05, 3.63) is 28.8 Å². The van der Waals surface area contributed by atoms with Crippen molar-refractivity contribution in [2.45, 2.75) is 32.1 Å². The summed E-state index contributed by atoms with van der Waals surface area (Å²) in [4.78, 5) is 10.3. The number of ether oxygens (including phenoxy) is 1. The van der Waals surface area contributed by atoms with E-state index in [0.717, 1.165) is 30.6 Å². The molecule has 1 aromatic carbocycles. The molecule has 0 heterocycles. The van der Waals surface area contributed by atoms with E-state index in [1.807, 2.05) is 18.2 Å². The molecule has 92 valence electrons. The highest BCUT2D eigenvalue weighted by Crippen LogP contribution is 2.28. The Morgan fingerprint density at radius 3 is 2.82 bits per heavy atom. The standard InChI is InChI=1S/C14H17ClO2/c15-13-7-12(5-2-6-16)8-14(9-13)17-10-11-3-1-4-11/h6-9,11H,1-5,10H2. The molecule has 1 saturated carbocycles. The van der Waals surface area contributed by atoms with Gasteiger partial charge in [-0.3, -0.25) is 0 Å². The van der Waals surface area contributed by atoms with Crippen molar-refractivity contribution in [2.75, 3.05) is 6.61 Å². The summed E-state index contributed by atoms with van der Waals surface area (Å²) in [6.45, 7) is 0.785. The van der Waals surface area contributed by atoms with Crippen LogP contribution in [0.2, 0.25) is 5.02 Å². The first-order chi connectivity index (χ1) is 8.28. The fraction of sp³-hybridized carbons (Fsp3) is 0.500. The summed E-state index contributed by atoms with van der Waals surface area (Å²) in [6, 6.07) is 5.71. The average Bonchev–Trinajstić information content (AvgIpc) is 2.23. The lowest BCUT2D eigenvalue weighted by molar-refractivity contribution is -0.107. The molecule has 1 fully saturated rings. The Morgan fingerprint density at radius 2 is 2.18 bits per heavy atom. The van der Waals surface area contributed by atoms with Crippen LogP contribution in [0.15, 0.2) is 18.2 Å². The number of carbonyl (C=O) groups is 1. The summed E-state index contributed by atoms with van der Waals surface area (Å²) in [7, 11) is 0. The van der Waals surface area contributed by atoms with E-state index in [1.54, 1.807) is 0 Å². The Labute approximate surface area is 107 Å². The van der Waals surface area contributed by atoms with Crippen molar-refractivity contribution in [3.63, 3.8) is 0 Å². The van der Waals surface area contributed by atoms with Gasteiger partial charge in [0.15, 0.2) is 0 Å². The second-order valence-corrected chi connectivity index (χ2v) is 5.04. The fourth-order valence-electron chi connectivity index (χ4n) is 1.95. The summed E-state index contributed by atoms with van der Waals surface area (Å²) >= 11 is 6.02. The van der Waals surface area contributed by atoms with Crippen LogP contribution in [-0.2, 0) is 11.2 Å². The van der Waals surface area contributed by atoms with Crippen LogP contribution in [0.4, 0.5) is 0 Å². The van der Waals surface area contributed by atoms with Crippen LogP contribution in [0.25, 0.3) is 0 Å². The molecule has 0 unspecified atom stereocenters. The summed E-state index contributed by atoms with van der Waals surface area (Å²) in [6.07, 6.45) is 6.06. The van der Waals surface area contributed by atoms with Crippen LogP contribution in [-0.4, -0.2) is 12.9 Å². The van der Waals surface area contributed by atoms with Gasteiger partial charge in [0.2, 0.25) is 0 Å². The van der Waals surface area contributed by atoms with Gasteiger partial charge in [0.05, 0.1) is 6.61 Å². The van der Waals surface area contributed by atoms with E-state index in [2.05, 4.69) is 0 Å². The molecule has 0 bridgehead atoms. The van der Waals surface area contributed by atoms with Gasteiger partial charge in [-0.2, -0.15) is 0 Å². The van der Waals surface area contributed by atoms with Gasteiger partial charge in [-0.25, -0.2) is 0 Å². The Balaban J connectivity index is 1.94. The van der Waals surface area contributed by atoms with Crippen LogP contribution in [0, 0.1) is 5.92 Å². The molecule has 0 aliphatic heterocycles. The number of aryl methyl sites for hydroxylation is 1. The zero-order chi connectivity index (χ0) is 12.1. The molecule has 0 radical (unpaired) electrons. The lowest BCUT2D eigenvalue weighted by Gasteiger charge is -2.25. The first-order valence-corrected chi connectivity index (χ1v) is 6.51. The summed E-state index contributed by atoms with van der Waals surface area (Å²) in [5, 5.41) is 0.678. The molecule has 0 N–H and O–H groups in total. The minimum Gasteiger partial charge on any atom is -0.493 e. The highest BCUT2D eigenvalue weighted by molar-refractivity contribution is 6.30. The molecule has 17 heavy (non-hydrogen) atoms. The molecule has 0 spiro atoms. The highest BCUT2D eigenvalue weighted by Gasteiger charge is 2.17. The number of benzene rings is 1. The first kappa shape index (κ1) is 12.4. The number of aldehydes is 1. The van der Waals surface area contributed by atoms with Crippen LogP contribution >= 0.6 is 11.6 Å². The van der Waals surface area contributed by atoms with Gasteiger partial charge in [0.1, 0.15) is 12.0 Å². The molecule has 0 amide bonds. The molecular formula is C14H17ClO2. The molecular weight excluding hydrogens is 236 g/mol. The topological polar surface area (TPSA) is 26.3 Å². The maximum atomic E-state index is 10.3. The van der Waals surface area contributed by atoms with E-state index < -0.39 is 0 Å². The number of rotatable bonds is 6. The Morgan fingerprint density at radius 1 is 1.35 bits per heavy atom. The van der Waals surface area contributed by atoms with Gasteiger partial charge >= 0.3 is 0 Å². The van der Waals surface area contributed by atoms with Crippen molar-refractivity contribution in [1.82, 2.24) is 0 Å². The zero-order valence-corrected chi connectivity index (χ0v) is 10.6. The molecule has 0 atom stereocenters. The second kappa shape index (κ2) is 6.06. The molecule has 2 rings (SSSR count). The van der Waals surface area contributed by atoms with Crippen LogP contribution in [0.5, 0.6) is 5.75 Å². The fourth-order valence-corrected chi connectivity index (χ4v) is 2.20. The Hall–Kier alpha value is -1.02. The van der Waals surface area contributed by atoms with Gasteiger partial charge in [-0.05, 0) is 48.9 Å². The maximum Gasteiger partial charge on any atom is 0.121 e. The molecule has 0 saturated heterocycles. The quantitative estimate of drug-likeness (QED) is 0.723. The minimum atomic E-state index is 0.530. The third-order valence-corrected chi connectivity index (χ3v) is 3.41. The van der Waals surface area contributed by atoms with E-state index in [1.165, 1.54) is 19.3 Å². The number of halogens is 1. The minimum absolute atomic E-state index is 0.530. The Kier molecular flexibility index (Phi) is 4.43. The molecule has 1 aliphatic rings. The van der Waals surface area contributed by atoms with Gasteiger partial charge < -0.3 is 9.53 Å². The summed E-state index contributed by atoms with van der Waals surface area (Å²) < 4.78 is 5.74. The monoisotopic (exact) mass is 252 g/mol. The second-order valence-electron chi connectivity index (χ2n) is 4.61. The van der Waals surface area contributed by atoms with E-state index >= 15 is 0 Å². The smallest absolute Gasteiger partial charge is 0.121 e. The first-order valence-electron chi connectivity index (χ1n) is 6.14. The van der Waals surface area contributed by atoms with Crippen LogP contribution < -0.4 is 4.74 Å². The molecule has 1 aliphatic carbocycles. The maximum absolute atomic E-state index is 10.3. The third kappa shape index (κ3) is 3.74. The third-order valence-electron chi connectivity index (χ3n) is 3.19. The van der Waals surface area contributed by atoms with E-state index in [9.17, 15) is 4.79 Å². The summed E-state index contributed by atoms with van der Waals surface area (Å²) in [5.74, 6) is 1.54. The lowest BCUT2D eigenvalue weighted by Crippen LogP contribution is -2.19. The van der Waals surface area contributed by atoms with Crippen LogP contribution in [0.1, 0.15) is 31.2 Å². The lowest BCUT2D eigenvalue weighted by atomic mass is 9.86. The predicted molar refractivity (Wildman–Crippen MR) is 68.7 cm³/mol. The average molecular weight is 253 g/mol. The molecule has 0 aromatic heterocycles. The SMILES string of the molecule is O=CCCc1cc(Cl)cc(OCC2CCC2)c1. The van der Waals surface area contributed by atoms with Gasteiger partial charge in [-0.1, -0.05) is 18.0 Å². The molecule has 1 aromatic rings. The van der Waals surface area contributed by atoms with E-state index in [4.69, 9.17) is 16.3 Å². The normalized spacial score (nSPS) is 15.4. The van der Waals surface area contributed by atoms with Crippen LogP contribution in [0.3, 0.4) is 0 Å². The molecule has 2 nitrogen and oxygen atoms in total. The number of hydrogen-bond acceptors (Lipinski definition) is 2. The van der Waals surface area contributed by atoms with E-state index in [0.29, 0.717) is 17.4 Å². The number of hydrogen-bond donors (Lipinski definition) is 0. The summed E-state index contributed by atoms with van der Waals surface area (Å²) in [5.41, 5.74) is 1.06. The highest BCUT2D eigenvalue weighted by atomic mass is 35.5. The van der Waals surface area contributed by atoms with Crippen molar-refractivity contribution in [3.8, 4) is 5.75 Å². The Bertz CT molecular complexity index is 386. The van der Waals surface area contributed by atoms with Crippen molar-refractivity contribution in [1.29, 1.82) is 0 Å². The van der Waals surface area contributed by atoms with Gasteiger partial charge in [0, 0.05) is 11.4 Å².